The van der Waals surface area contributed by atoms with Crippen LogP contribution in [0.4, 0.5) is 4.39 Å². The molecule has 0 saturated heterocycles. The average Bonchev–Trinajstić information content (AvgIpc) is 2.99. The first-order valence-corrected chi connectivity index (χ1v) is 7.87. The van der Waals surface area contributed by atoms with Gasteiger partial charge in [-0.05, 0) is 36.5 Å². The summed E-state index contributed by atoms with van der Waals surface area (Å²) in [5.41, 5.74) is 0.781. The number of ether oxygens (including phenoxy) is 1. The van der Waals surface area contributed by atoms with Gasteiger partial charge < -0.3 is 9.84 Å². The predicted octanol–water partition coefficient (Wildman–Crippen LogP) is 3.09. The quantitative estimate of drug-likeness (QED) is 0.512. The Kier molecular flexibility index (Phi) is 5.18. The fourth-order valence-electron chi connectivity index (χ4n) is 2.19. The second-order valence-electron chi connectivity index (χ2n) is 5.11. The molecule has 132 valence electrons. The van der Waals surface area contributed by atoms with Crippen LogP contribution in [0.25, 0.3) is 11.4 Å². The molecule has 0 saturated carbocycles. The van der Waals surface area contributed by atoms with Crippen molar-refractivity contribution in [3.05, 3.63) is 64.7 Å². The number of carboxylic acids is 1. The number of nitrogens with one attached hydrogen (secondary N) is 1. The summed E-state index contributed by atoms with van der Waals surface area (Å²) in [5.74, 6) is -0.979. The van der Waals surface area contributed by atoms with Gasteiger partial charge in [0.2, 0.25) is 4.77 Å². The van der Waals surface area contributed by atoms with E-state index in [1.54, 1.807) is 42.5 Å². The van der Waals surface area contributed by atoms with E-state index in [1.165, 1.54) is 17.0 Å². The van der Waals surface area contributed by atoms with Crippen molar-refractivity contribution in [1.82, 2.24) is 14.9 Å². The number of aromatic nitrogens is 3. The Morgan fingerprint density at radius 3 is 2.81 bits per heavy atom. The molecular formula is C17H13FN4O3S. The van der Waals surface area contributed by atoms with Crippen molar-refractivity contribution in [2.75, 3.05) is 6.61 Å². The topological polar surface area (TPSA) is 92.5 Å². The minimum atomic E-state index is -1.09. The zero-order valence-corrected chi connectivity index (χ0v) is 14.1. The Hall–Kier alpha value is -3.33. The first-order chi connectivity index (χ1) is 12.6. The van der Waals surface area contributed by atoms with Gasteiger partial charge >= 0.3 is 5.97 Å². The predicted molar refractivity (Wildman–Crippen MR) is 95.4 cm³/mol. The Bertz CT molecular complexity index is 1030. The lowest BCUT2D eigenvalue weighted by atomic mass is 10.2. The monoisotopic (exact) mass is 372 g/mol. The van der Waals surface area contributed by atoms with Gasteiger partial charge in [0.05, 0.1) is 11.8 Å². The Balaban J connectivity index is 1.96. The number of rotatable bonds is 6. The molecule has 0 aliphatic heterocycles. The standard InChI is InChI=1S/C17H13FN4O3S/c18-13-7-3-2-6-12(13)16-20-21-17(26)22(16)19-9-11-5-1-4-8-14(11)25-10-15(23)24/h1-9H,10H2,(H,21,26)(H,23,24). The van der Waals surface area contributed by atoms with Crippen LogP contribution in [-0.2, 0) is 4.79 Å². The summed E-state index contributed by atoms with van der Waals surface area (Å²) in [4.78, 5) is 10.7. The van der Waals surface area contributed by atoms with E-state index in [4.69, 9.17) is 22.1 Å². The summed E-state index contributed by atoms with van der Waals surface area (Å²) in [6.07, 6.45) is 1.44. The van der Waals surface area contributed by atoms with Crippen molar-refractivity contribution in [3.63, 3.8) is 0 Å². The molecule has 2 N–H and O–H groups in total. The number of aromatic amines is 1. The molecule has 3 aromatic rings. The van der Waals surface area contributed by atoms with Crippen molar-refractivity contribution >= 4 is 24.4 Å². The lowest BCUT2D eigenvalue weighted by molar-refractivity contribution is -0.139. The zero-order chi connectivity index (χ0) is 18.5. The first-order valence-electron chi connectivity index (χ1n) is 7.46. The van der Waals surface area contributed by atoms with Crippen LogP contribution in [-0.4, -0.2) is 38.8 Å². The number of hydrogen-bond acceptors (Lipinski definition) is 5. The third-order valence-corrected chi connectivity index (χ3v) is 3.61. The summed E-state index contributed by atoms with van der Waals surface area (Å²) >= 11 is 5.15. The SMILES string of the molecule is O=C(O)COc1ccccc1C=Nn1c(-c2ccccc2F)n[nH]c1=S. The van der Waals surface area contributed by atoms with E-state index in [9.17, 15) is 9.18 Å². The summed E-state index contributed by atoms with van der Waals surface area (Å²) in [6.45, 7) is -0.476. The van der Waals surface area contributed by atoms with Gasteiger partial charge in [-0.15, -0.1) is 0 Å². The summed E-state index contributed by atoms with van der Waals surface area (Å²) in [7, 11) is 0. The van der Waals surface area contributed by atoms with Crippen molar-refractivity contribution in [3.8, 4) is 17.1 Å². The van der Waals surface area contributed by atoms with Crippen LogP contribution in [0.5, 0.6) is 5.75 Å². The highest BCUT2D eigenvalue weighted by Gasteiger charge is 2.12. The third-order valence-electron chi connectivity index (χ3n) is 3.35. The fourth-order valence-corrected chi connectivity index (χ4v) is 2.37. The lowest BCUT2D eigenvalue weighted by Gasteiger charge is -2.06. The number of para-hydroxylation sites is 1. The molecular weight excluding hydrogens is 359 g/mol. The Labute approximate surface area is 152 Å². The first kappa shape index (κ1) is 17.5. The van der Waals surface area contributed by atoms with Gasteiger partial charge in [-0.2, -0.15) is 14.9 Å². The largest absolute Gasteiger partial charge is 0.481 e. The van der Waals surface area contributed by atoms with E-state index in [2.05, 4.69) is 15.3 Å². The van der Waals surface area contributed by atoms with Crippen LogP contribution in [0.15, 0.2) is 53.6 Å². The molecule has 0 atom stereocenters. The molecule has 1 heterocycles. The maximum absolute atomic E-state index is 14.0. The van der Waals surface area contributed by atoms with Gasteiger partial charge in [0, 0.05) is 5.56 Å². The molecule has 26 heavy (non-hydrogen) atoms. The number of carboxylic acid groups (broad SMARTS) is 1. The highest BCUT2D eigenvalue weighted by Crippen LogP contribution is 2.21. The van der Waals surface area contributed by atoms with Gasteiger partial charge in [-0.25, -0.2) is 14.3 Å². The Morgan fingerprint density at radius 1 is 1.31 bits per heavy atom. The number of benzene rings is 2. The van der Waals surface area contributed by atoms with Gasteiger partial charge in [-0.1, -0.05) is 24.3 Å². The number of hydrogen-bond donors (Lipinski definition) is 2. The molecule has 0 spiro atoms. The number of halogens is 1. The summed E-state index contributed by atoms with van der Waals surface area (Å²) in [5, 5.41) is 19.6. The van der Waals surface area contributed by atoms with E-state index >= 15 is 0 Å². The maximum Gasteiger partial charge on any atom is 0.341 e. The van der Waals surface area contributed by atoms with Crippen molar-refractivity contribution < 1.29 is 19.0 Å². The molecule has 0 aliphatic rings. The molecule has 7 nitrogen and oxygen atoms in total. The molecule has 0 bridgehead atoms. The lowest BCUT2D eigenvalue weighted by Crippen LogP contribution is -2.10. The second kappa shape index (κ2) is 7.70. The molecule has 0 amide bonds. The molecule has 0 aliphatic carbocycles. The second-order valence-corrected chi connectivity index (χ2v) is 5.50. The molecule has 2 aromatic carbocycles. The van der Waals surface area contributed by atoms with Gasteiger partial charge in [0.25, 0.3) is 0 Å². The van der Waals surface area contributed by atoms with Crippen LogP contribution in [0.1, 0.15) is 5.56 Å². The fraction of sp³-hybridized carbons (Fsp3) is 0.0588. The molecule has 1 aromatic heterocycles. The molecule has 0 unspecified atom stereocenters. The smallest absolute Gasteiger partial charge is 0.341 e. The minimum Gasteiger partial charge on any atom is -0.481 e. The number of carbonyl (C=O) groups is 1. The highest BCUT2D eigenvalue weighted by atomic mass is 32.1. The molecule has 0 fully saturated rings. The maximum atomic E-state index is 14.0. The van der Waals surface area contributed by atoms with Crippen LogP contribution >= 0.6 is 12.2 Å². The van der Waals surface area contributed by atoms with Crippen molar-refractivity contribution in [1.29, 1.82) is 0 Å². The summed E-state index contributed by atoms with van der Waals surface area (Å²) < 4.78 is 20.7. The minimum absolute atomic E-state index is 0.184. The molecule has 0 radical (unpaired) electrons. The highest BCUT2D eigenvalue weighted by molar-refractivity contribution is 7.71. The van der Waals surface area contributed by atoms with E-state index < -0.39 is 18.4 Å². The van der Waals surface area contributed by atoms with Crippen LogP contribution < -0.4 is 4.74 Å². The van der Waals surface area contributed by atoms with Gasteiger partial charge in [0.15, 0.2) is 12.4 Å². The van der Waals surface area contributed by atoms with Crippen LogP contribution in [0, 0.1) is 10.6 Å². The van der Waals surface area contributed by atoms with E-state index in [0.29, 0.717) is 11.3 Å². The van der Waals surface area contributed by atoms with Gasteiger partial charge in [-0.3, -0.25) is 0 Å². The van der Waals surface area contributed by atoms with E-state index in [-0.39, 0.29) is 16.2 Å². The van der Waals surface area contributed by atoms with Crippen molar-refractivity contribution in [2.45, 2.75) is 0 Å². The average molecular weight is 372 g/mol. The number of nitrogens with zero attached hydrogens (tertiary/aromatic N) is 3. The van der Waals surface area contributed by atoms with Crippen LogP contribution in [0.3, 0.4) is 0 Å². The van der Waals surface area contributed by atoms with E-state index in [0.717, 1.165) is 0 Å². The van der Waals surface area contributed by atoms with Crippen molar-refractivity contribution in [2.24, 2.45) is 5.10 Å². The van der Waals surface area contributed by atoms with E-state index in [1.807, 2.05) is 0 Å². The number of aliphatic carboxylic acids is 1. The van der Waals surface area contributed by atoms with Gasteiger partial charge in [0.1, 0.15) is 11.6 Å². The summed E-state index contributed by atoms with van der Waals surface area (Å²) in [6, 6.07) is 12.9. The third kappa shape index (κ3) is 3.83. The van der Waals surface area contributed by atoms with Crippen LogP contribution in [0.2, 0.25) is 0 Å². The Morgan fingerprint density at radius 2 is 2.04 bits per heavy atom. The molecule has 9 heteroatoms. The zero-order valence-electron chi connectivity index (χ0n) is 13.3. The normalized spacial score (nSPS) is 11.0. The number of H-pyrrole nitrogens is 1. The molecule has 3 rings (SSSR count).